The summed E-state index contributed by atoms with van der Waals surface area (Å²) in [6.07, 6.45) is 7.08. The Balaban J connectivity index is 2.22. The minimum atomic E-state index is 0.559. The normalized spacial score (nSPS) is 19.9. The van der Waals surface area contributed by atoms with E-state index in [2.05, 4.69) is 11.8 Å². The van der Waals surface area contributed by atoms with Crippen molar-refractivity contribution < 1.29 is 4.79 Å². The molecule has 0 radical (unpaired) electrons. The number of carbonyl (C=O) groups is 1. The van der Waals surface area contributed by atoms with Gasteiger partial charge in [-0.25, -0.2) is 0 Å². The van der Waals surface area contributed by atoms with E-state index < -0.39 is 0 Å². The molecule has 1 unspecified atom stereocenters. The first-order chi connectivity index (χ1) is 8.76. The van der Waals surface area contributed by atoms with Crippen LogP contribution in [0.15, 0.2) is 18.2 Å². The molecule has 1 aromatic carbocycles. The molecular formula is C15H20ClNO. The van der Waals surface area contributed by atoms with Crippen molar-refractivity contribution in [3.8, 4) is 0 Å². The summed E-state index contributed by atoms with van der Waals surface area (Å²) in [5.74, 6) is 0. The highest BCUT2D eigenvalue weighted by molar-refractivity contribution is 6.33. The standard InChI is InChI=1S/C15H20ClNO/c1-2-5-13-6-3-4-9-17(13)14-8-7-12(11-18)15(16)10-14/h7-8,10-11,13H,2-6,9H2,1H3. The van der Waals surface area contributed by atoms with E-state index in [0.717, 1.165) is 18.5 Å². The molecule has 2 rings (SSSR count). The number of hydrogen-bond donors (Lipinski definition) is 0. The monoisotopic (exact) mass is 265 g/mol. The molecule has 0 N–H and O–H groups in total. The average Bonchev–Trinajstić information content (AvgIpc) is 2.40. The summed E-state index contributed by atoms with van der Waals surface area (Å²) >= 11 is 6.12. The third kappa shape index (κ3) is 2.86. The predicted octanol–water partition coefficient (Wildman–Crippen LogP) is 4.31. The second-order valence-corrected chi connectivity index (χ2v) is 5.36. The lowest BCUT2D eigenvalue weighted by Crippen LogP contribution is -2.39. The van der Waals surface area contributed by atoms with E-state index in [0.29, 0.717) is 16.6 Å². The van der Waals surface area contributed by atoms with Gasteiger partial charge < -0.3 is 4.90 Å². The van der Waals surface area contributed by atoms with Crippen molar-refractivity contribution in [1.29, 1.82) is 0 Å². The fourth-order valence-electron chi connectivity index (χ4n) is 2.76. The summed E-state index contributed by atoms with van der Waals surface area (Å²) in [7, 11) is 0. The summed E-state index contributed by atoms with van der Waals surface area (Å²) in [5.41, 5.74) is 1.73. The highest BCUT2D eigenvalue weighted by Gasteiger charge is 2.22. The van der Waals surface area contributed by atoms with Crippen molar-refractivity contribution in [1.82, 2.24) is 0 Å². The molecule has 0 saturated carbocycles. The van der Waals surface area contributed by atoms with Gasteiger partial charge in [0.1, 0.15) is 0 Å². The first kappa shape index (κ1) is 13.4. The number of anilines is 1. The van der Waals surface area contributed by atoms with Gasteiger partial charge in [-0.15, -0.1) is 0 Å². The lowest BCUT2D eigenvalue weighted by atomic mass is 9.97. The van der Waals surface area contributed by atoms with Crippen LogP contribution in [0, 0.1) is 0 Å². The molecule has 1 aliphatic rings. The minimum absolute atomic E-state index is 0.559. The van der Waals surface area contributed by atoms with Gasteiger partial charge in [-0.1, -0.05) is 24.9 Å². The summed E-state index contributed by atoms with van der Waals surface area (Å²) in [6, 6.07) is 6.40. The van der Waals surface area contributed by atoms with Crippen molar-refractivity contribution in [2.45, 2.75) is 45.1 Å². The molecule has 1 atom stereocenters. The molecule has 3 heteroatoms. The lowest BCUT2D eigenvalue weighted by Gasteiger charge is -2.37. The number of rotatable bonds is 4. The Morgan fingerprint density at radius 2 is 2.28 bits per heavy atom. The van der Waals surface area contributed by atoms with Gasteiger partial charge in [-0.3, -0.25) is 4.79 Å². The molecule has 0 aliphatic carbocycles. The van der Waals surface area contributed by atoms with E-state index in [1.54, 1.807) is 0 Å². The maximum Gasteiger partial charge on any atom is 0.151 e. The van der Waals surface area contributed by atoms with E-state index >= 15 is 0 Å². The third-order valence-electron chi connectivity index (χ3n) is 3.69. The van der Waals surface area contributed by atoms with E-state index in [1.807, 2.05) is 18.2 Å². The number of nitrogens with zero attached hydrogens (tertiary/aromatic N) is 1. The second-order valence-electron chi connectivity index (χ2n) is 4.96. The lowest BCUT2D eigenvalue weighted by molar-refractivity contribution is 0.112. The molecule has 1 heterocycles. The van der Waals surface area contributed by atoms with Crippen LogP contribution in [0.5, 0.6) is 0 Å². The molecule has 1 saturated heterocycles. The molecule has 1 aliphatic heterocycles. The highest BCUT2D eigenvalue weighted by atomic mass is 35.5. The van der Waals surface area contributed by atoms with Gasteiger partial charge in [0.2, 0.25) is 0 Å². The molecule has 2 nitrogen and oxygen atoms in total. The number of carbonyl (C=O) groups excluding carboxylic acids is 1. The molecule has 0 aromatic heterocycles. The molecule has 1 aromatic rings. The maximum absolute atomic E-state index is 10.8. The summed E-state index contributed by atoms with van der Waals surface area (Å²) in [4.78, 5) is 13.2. The fourth-order valence-corrected chi connectivity index (χ4v) is 2.98. The predicted molar refractivity (Wildman–Crippen MR) is 76.7 cm³/mol. The number of piperidine rings is 1. The van der Waals surface area contributed by atoms with Crippen molar-refractivity contribution >= 4 is 23.6 Å². The SMILES string of the molecule is CCCC1CCCCN1c1ccc(C=O)c(Cl)c1. The van der Waals surface area contributed by atoms with Gasteiger partial charge in [0.25, 0.3) is 0 Å². The number of benzene rings is 1. The summed E-state index contributed by atoms with van der Waals surface area (Å²) in [6.45, 7) is 3.33. The van der Waals surface area contributed by atoms with E-state index in [1.165, 1.54) is 32.1 Å². The van der Waals surface area contributed by atoms with Crippen molar-refractivity contribution in [3.05, 3.63) is 28.8 Å². The van der Waals surface area contributed by atoms with Gasteiger partial charge in [0.15, 0.2) is 6.29 Å². The van der Waals surface area contributed by atoms with Crippen LogP contribution in [0.3, 0.4) is 0 Å². The summed E-state index contributed by atoms with van der Waals surface area (Å²) < 4.78 is 0. The van der Waals surface area contributed by atoms with Gasteiger partial charge >= 0.3 is 0 Å². The number of aldehydes is 1. The largest absolute Gasteiger partial charge is 0.369 e. The Hall–Kier alpha value is -1.02. The van der Waals surface area contributed by atoms with E-state index in [4.69, 9.17) is 11.6 Å². The zero-order valence-electron chi connectivity index (χ0n) is 10.9. The Morgan fingerprint density at radius 3 is 2.94 bits per heavy atom. The van der Waals surface area contributed by atoms with Crippen LogP contribution >= 0.6 is 11.6 Å². The first-order valence-corrected chi connectivity index (χ1v) is 7.15. The smallest absolute Gasteiger partial charge is 0.151 e. The van der Waals surface area contributed by atoms with Crippen LogP contribution < -0.4 is 4.90 Å². The zero-order valence-corrected chi connectivity index (χ0v) is 11.6. The van der Waals surface area contributed by atoms with Crippen molar-refractivity contribution in [2.75, 3.05) is 11.4 Å². The van der Waals surface area contributed by atoms with Gasteiger partial charge in [0.05, 0.1) is 5.02 Å². The van der Waals surface area contributed by atoms with Gasteiger partial charge in [-0.2, -0.15) is 0 Å². The van der Waals surface area contributed by atoms with Crippen LogP contribution in [-0.2, 0) is 0 Å². The molecule has 18 heavy (non-hydrogen) atoms. The quantitative estimate of drug-likeness (QED) is 0.756. The zero-order chi connectivity index (χ0) is 13.0. The van der Waals surface area contributed by atoms with Crippen LogP contribution in [0.4, 0.5) is 5.69 Å². The highest BCUT2D eigenvalue weighted by Crippen LogP contribution is 2.30. The Kier molecular flexibility index (Phi) is 4.65. The molecule has 0 bridgehead atoms. The third-order valence-corrected chi connectivity index (χ3v) is 4.02. The number of hydrogen-bond acceptors (Lipinski definition) is 2. The Morgan fingerprint density at radius 1 is 1.44 bits per heavy atom. The van der Waals surface area contributed by atoms with Gasteiger partial charge in [-0.05, 0) is 43.9 Å². The van der Waals surface area contributed by atoms with Crippen molar-refractivity contribution in [3.63, 3.8) is 0 Å². The van der Waals surface area contributed by atoms with Crippen LogP contribution in [0.1, 0.15) is 49.4 Å². The molecule has 0 amide bonds. The number of halogens is 1. The van der Waals surface area contributed by atoms with Crippen LogP contribution in [-0.4, -0.2) is 18.9 Å². The molecule has 1 fully saturated rings. The second kappa shape index (κ2) is 6.24. The fraction of sp³-hybridized carbons (Fsp3) is 0.533. The average molecular weight is 266 g/mol. The molecule has 98 valence electrons. The Bertz CT molecular complexity index is 417. The van der Waals surface area contributed by atoms with Crippen LogP contribution in [0.25, 0.3) is 0 Å². The minimum Gasteiger partial charge on any atom is -0.369 e. The van der Waals surface area contributed by atoms with Crippen LogP contribution in [0.2, 0.25) is 5.02 Å². The Labute approximate surface area is 114 Å². The van der Waals surface area contributed by atoms with Gasteiger partial charge in [0, 0.05) is 23.8 Å². The molecular weight excluding hydrogens is 246 g/mol. The topological polar surface area (TPSA) is 20.3 Å². The van der Waals surface area contributed by atoms with Crippen molar-refractivity contribution in [2.24, 2.45) is 0 Å². The summed E-state index contributed by atoms with van der Waals surface area (Å²) in [5, 5.41) is 0.559. The first-order valence-electron chi connectivity index (χ1n) is 6.77. The maximum atomic E-state index is 10.8. The van der Waals surface area contributed by atoms with E-state index in [-0.39, 0.29) is 0 Å². The van der Waals surface area contributed by atoms with E-state index in [9.17, 15) is 4.79 Å². The molecule has 0 spiro atoms.